The monoisotopic (exact) mass is 491 g/mol. The Kier molecular flexibility index (Phi) is 7.99. The first-order valence-corrected chi connectivity index (χ1v) is 13.2. The number of aromatic nitrogens is 3. The van der Waals surface area contributed by atoms with Crippen molar-refractivity contribution >= 4 is 0 Å². The fourth-order valence-electron chi connectivity index (χ4n) is 5.48. The van der Waals surface area contributed by atoms with E-state index in [9.17, 15) is 5.11 Å². The largest absolute Gasteiger partial charge is 0.497 e. The van der Waals surface area contributed by atoms with E-state index in [-0.39, 0.29) is 37.1 Å². The highest BCUT2D eigenvalue weighted by Gasteiger charge is 2.43. The van der Waals surface area contributed by atoms with Gasteiger partial charge in [0.2, 0.25) is 0 Å². The summed E-state index contributed by atoms with van der Waals surface area (Å²) in [6.45, 7) is 2.22. The van der Waals surface area contributed by atoms with Crippen molar-refractivity contribution in [1.82, 2.24) is 15.0 Å². The van der Waals surface area contributed by atoms with Gasteiger partial charge in [0.25, 0.3) is 0 Å². The van der Waals surface area contributed by atoms with E-state index in [4.69, 9.17) is 14.2 Å². The van der Waals surface area contributed by atoms with Gasteiger partial charge in [0, 0.05) is 12.6 Å². The highest BCUT2D eigenvalue weighted by Crippen LogP contribution is 2.38. The van der Waals surface area contributed by atoms with Crippen molar-refractivity contribution in [2.45, 2.75) is 82.3 Å². The number of hydrogen-bond acceptors (Lipinski definition) is 6. The van der Waals surface area contributed by atoms with Gasteiger partial charge in [-0.2, -0.15) is 0 Å². The smallest absolute Gasteiger partial charge is 0.118 e. The summed E-state index contributed by atoms with van der Waals surface area (Å²) in [4.78, 5) is 0. The van der Waals surface area contributed by atoms with Crippen LogP contribution in [0.25, 0.3) is 11.1 Å². The Balaban J connectivity index is 1.28. The van der Waals surface area contributed by atoms with E-state index >= 15 is 0 Å². The van der Waals surface area contributed by atoms with Gasteiger partial charge < -0.3 is 19.3 Å². The molecule has 5 rings (SSSR count). The van der Waals surface area contributed by atoms with Crippen LogP contribution in [0.2, 0.25) is 0 Å². The van der Waals surface area contributed by atoms with E-state index in [1.54, 1.807) is 7.11 Å². The van der Waals surface area contributed by atoms with Crippen molar-refractivity contribution in [3.8, 4) is 16.9 Å². The predicted octanol–water partition coefficient (Wildman–Crippen LogP) is 4.78. The minimum atomic E-state index is -0.0948. The lowest BCUT2D eigenvalue weighted by Gasteiger charge is -2.45. The first kappa shape index (κ1) is 24.9. The molecule has 0 amide bonds. The number of hydrogen-bond donors (Lipinski definition) is 1. The molecule has 0 spiro atoms. The van der Waals surface area contributed by atoms with Crippen molar-refractivity contribution in [2.24, 2.45) is 0 Å². The maximum absolute atomic E-state index is 9.61. The maximum atomic E-state index is 9.61. The zero-order valence-electron chi connectivity index (χ0n) is 21.3. The van der Waals surface area contributed by atoms with E-state index in [0.29, 0.717) is 0 Å². The van der Waals surface area contributed by atoms with E-state index in [1.165, 1.54) is 16.7 Å². The second-order valence-electron chi connectivity index (χ2n) is 9.98. The van der Waals surface area contributed by atoms with Crippen LogP contribution in [-0.4, -0.2) is 58.2 Å². The van der Waals surface area contributed by atoms with Crippen molar-refractivity contribution < 1.29 is 19.3 Å². The summed E-state index contributed by atoms with van der Waals surface area (Å²) >= 11 is 0. The molecular formula is C29H37N3O4. The van der Waals surface area contributed by atoms with E-state index in [0.717, 1.165) is 56.4 Å². The van der Waals surface area contributed by atoms with Gasteiger partial charge in [-0.05, 0) is 60.9 Å². The quantitative estimate of drug-likeness (QED) is 0.464. The summed E-state index contributed by atoms with van der Waals surface area (Å²) < 4.78 is 20.1. The third kappa shape index (κ3) is 5.64. The normalized spacial score (nSPS) is 25.9. The van der Waals surface area contributed by atoms with Crippen LogP contribution in [0.5, 0.6) is 5.75 Å². The van der Waals surface area contributed by atoms with Crippen LogP contribution in [0, 0.1) is 0 Å². The summed E-state index contributed by atoms with van der Waals surface area (Å²) in [5, 5.41) is 18.5. The zero-order chi connectivity index (χ0) is 24.9. The second kappa shape index (κ2) is 11.5. The maximum Gasteiger partial charge on any atom is 0.118 e. The number of aliphatic hydroxyl groups excluding tert-OH is 1. The summed E-state index contributed by atoms with van der Waals surface area (Å²) in [7, 11) is 1.69. The number of aryl methyl sites for hydroxylation is 2. The molecule has 0 bridgehead atoms. The molecule has 0 unspecified atom stereocenters. The number of aliphatic hydroxyl groups is 1. The Hall–Kier alpha value is -2.74. The Morgan fingerprint density at radius 2 is 1.72 bits per heavy atom. The van der Waals surface area contributed by atoms with Crippen molar-refractivity contribution in [3.05, 3.63) is 66.0 Å². The molecule has 0 aliphatic carbocycles. The van der Waals surface area contributed by atoms with Gasteiger partial charge in [-0.1, -0.05) is 55.0 Å². The molecular weight excluding hydrogens is 454 g/mol. The SMILES string of the molecule is CCCc1cn([C@H]2C[C@@H]3O[C@H](CO)CC[C@@H]3O[C@@H]2CCc2ccc(-c3ccc(OC)cc3)cc2)nn1. The van der Waals surface area contributed by atoms with Crippen molar-refractivity contribution in [1.29, 1.82) is 0 Å². The molecule has 2 saturated heterocycles. The van der Waals surface area contributed by atoms with Gasteiger partial charge >= 0.3 is 0 Å². The van der Waals surface area contributed by atoms with Crippen molar-refractivity contribution in [2.75, 3.05) is 13.7 Å². The first-order valence-electron chi connectivity index (χ1n) is 13.2. The molecule has 0 saturated carbocycles. The molecule has 7 nitrogen and oxygen atoms in total. The minimum Gasteiger partial charge on any atom is -0.497 e. The molecule has 1 aromatic heterocycles. The lowest BCUT2D eigenvalue weighted by Crippen LogP contribution is -2.51. The van der Waals surface area contributed by atoms with Gasteiger partial charge in [-0.25, -0.2) is 4.68 Å². The van der Waals surface area contributed by atoms with Gasteiger partial charge in [0.1, 0.15) is 5.75 Å². The summed E-state index contributed by atoms with van der Waals surface area (Å²) in [6, 6.07) is 17.0. The van der Waals surface area contributed by atoms with Crippen LogP contribution in [0.1, 0.15) is 56.3 Å². The standard InChI is InChI=1S/C29H37N3O4/c1-3-4-23-18-32(31-30-23)26-17-29-28(16-14-25(19-33)35-29)36-27(26)15-7-20-5-8-21(9-6-20)22-10-12-24(34-2)13-11-22/h5-6,8-13,18,25-29,33H,3-4,7,14-17,19H2,1-2H3/t25-,26-,27+,28-,29-/m0/s1. The molecule has 3 heterocycles. The number of fused-ring (bicyclic) bond motifs is 1. The fraction of sp³-hybridized carbons (Fsp3) is 0.517. The highest BCUT2D eigenvalue weighted by molar-refractivity contribution is 5.64. The minimum absolute atomic E-state index is 0.0141. The molecule has 7 heteroatoms. The predicted molar refractivity (Wildman–Crippen MR) is 138 cm³/mol. The van der Waals surface area contributed by atoms with Gasteiger partial charge in [-0.3, -0.25) is 0 Å². The van der Waals surface area contributed by atoms with Crippen LogP contribution in [0.3, 0.4) is 0 Å². The van der Waals surface area contributed by atoms with Crippen LogP contribution >= 0.6 is 0 Å². The number of ether oxygens (including phenoxy) is 3. The van der Waals surface area contributed by atoms with Crippen LogP contribution < -0.4 is 4.74 Å². The molecule has 2 aliphatic rings. The van der Waals surface area contributed by atoms with Crippen LogP contribution in [0.15, 0.2) is 54.7 Å². The average Bonchev–Trinajstić information content (AvgIpc) is 3.40. The Morgan fingerprint density at radius 3 is 2.42 bits per heavy atom. The van der Waals surface area contributed by atoms with Crippen molar-refractivity contribution in [3.63, 3.8) is 0 Å². The third-order valence-corrected chi connectivity index (χ3v) is 7.51. The molecule has 2 fully saturated rings. The van der Waals surface area contributed by atoms with E-state index < -0.39 is 0 Å². The Morgan fingerprint density at radius 1 is 0.972 bits per heavy atom. The topological polar surface area (TPSA) is 78.6 Å². The molecule has 2 aromatic carbocycles. The van der Waals surface area contributed by atoms with Gasteiger partial charge in [-0.15, -0.1) is 5.10 Å². The molecule has 36 heavy (non-hydrogen) atoms. The van der Waals surface area contributed by atoms with Crippen LogP contribution in [-0.2, 0) is 22.3 Å². The Bertz CT molecular complexity index is 1100. The third-order valence-electron chi connectivity index (χ3n) is 7.51. The lowest BCUT2D eigenvalue weighted by molar-refractivity contribution is -0.209. The van der Waals surface area contributed by atoms with E-state index in [2.05, 4.69) is 59.8 Å². The summed E-state index contributed by atoms with van der Waals surface area (Å²) in [5.74, 6) is 0.865. The number of benzene rings is 2. The molecule has 192 valence electrons. The molecule has 5 atom stereocenters. The number of methoxy groups -OCH3 is 1. The molecule has 0 radical (unpaired) electrons. The van der Waals surface area contributed by atoms with E-state index in [1.807, 2.05) is 16.8 Å². The molecule has 1 N–H and O–H groups in total. The van der Waals surface area contributed by atoms with Gasteiger partial charge in [0.15, 0.2) is 0 Å². The first-order chi connectivity index (χ1) is 17.7. The molecule has 2 aliphatic heterocycles. The summed E-state index contributed by atoms with van der Waals surface area (Å²) in [6.07, 6.45) is 8.47. The highest BCUT2D eigenvalue weighted by atomic mass is 16.6. The Labute approximate surface area is 213 Å². The number of nitrogens with zero attached hydrogens (tertiary/aromatic N) is 3. The molecule has 3 aromatic rings. The number of rotatable bonds is 9. The van der Waals surface area contributed by atoms with Gasteiger partial charge in [0.05, 0.1) is 49.9 Å². The lowest BCUT2D eigenvalue weighted by atomic mass is 9.88. The van der Waals surface area contributed by atoms with Crippen LogP contribution in [0.4, 0.5) is 0 Å². The second-order valence-corrected chi connectivity index (χ2v) is 9.98. The summed E-state index contributed by atoms with van der Waals surface area (Å²) in [5.41, 5.74) is 4.68. The average molecular weight is 492 g/mol. The fourth-order valence-corrected chi connectivity index (χ4v) is 5.48. The zero-order valence-corrected chi connectivity index (χ0v) is 21.3.